The molecule has 1 amide bonds. The minimum atomic E-state index is -0.158. The third kappa shape index (κ3) is 3.32. The molecule has 3 N–H and O–H groups in total. The largest absolute Gasteiger partial charge is 0.356 e. The maximum absolute atomic E-state index is 11.6. The van der Waals surface area contributed by atoms with Gasteiger partial charge in [-0.2, -0.15) is 5.10 Å². The number of hydrogen-bond acceptors (Lipinski definition) is 3. The number of halogens is 1. The van der Waals surface area contributed by atoms with Crippen molar-refractivity contribution in [2.75, 3.05) is 6.54 Å². The van der Waals surface area contributed by atoms with Gasteiger partial charge in [-0.25, -0.2) is 4.98 Å². The Bertz CT molecular complexity index is 479. The molecule has 0 atom stereocenters. The lowest BCUT2D eigenvalue weighted by Gasteiger charge is -2.02. The van der Waals surface area contributed by atoms with Crippen LogP contribution in [-0.4, -0.2) is 32.6 Å². The number of aryl methyl sites for hydroxylation is 1. The summed E-state index contributed by atoms with van der Waals surface area (Å²) in [6.45, 7) is 0.580. The average molecular weight is 254 g/mol. The van der Waals surface area contributed by atoms with Crippen LogP contribution in [0.1, 0.15) is 22.7 Å². The maximum atomic E-state index is 11.6. The van der Waals surface area contributed by atoms with Crippen molar-refractivity contribution < 1.29 is 4.79 Å². The number of aromatic nitrogens is 4. The van der Waals surface area contributed by atoms with E-state index in [1.165, 1.54) is 6.33 Å². The van der Waals surface area contributed by atoms with Gasteiger partial charge in [0.25, 0.3) is 5.91 Å². The highest BCUT2D eigenvalue weighted by molar-refractivity contribution is 6.30. The molecule has 0 bridgehead atoms. The van der Waals surface area contributed by atoms with Crippen LogP contribution in [-0.2, 0) is 6.42 Å². The average Bonchev–Trinajstić information content (AvgIpc) is 2.95. The number of nitrogens with one attached hydrogen (secondary N) is 3. The Morgan fingerprint density at radius 3 is 3.06 bits per heavy atom. The van der Waals surface area contributed by atoms with Gasteiger partial charge in [0.2, 0.25) is 0 Å². The second-order valence-corrected chi connectivity index (χ2v) is 3.96. The molecule has 0 saturated heterocycles. The number of nitrogens with zero attached hydrogens (tertiary/aromatic N) is 2. The first-order valence-electron chi connectivity index (χ1n) is 5.22. The van der Waals surface area contributed by atoms with E-state index in [9.17, 15) is 4.79 Å². The lowest BCUT2D eigenvalue weighted by molar-refractivity contribution is 0.0949. The van der Waals surface area contributed by atoms with E-state index in [-0.39, 0.29) is 5.91 Å². The molecule has 90 valence electrons. The van der Waals surface area contributed by atoms with Crippen LogP contribution < -0.4 is 5.32 Å². The first kappa shape index (κ1) is 11.7. The monoisotopic (exact) mass is 253 g/mol. The number of H-pyrrole nitrogens is 2. The third-order valence-corrected chi connectivity index (χ3v) is 2.45. The number of amides is 1. The first-order valence-corrected chi connectivity index (χ1v) is 5.60. The smallest absolute Gasteiger partial charge is 0.267 e. The van der Waals surface area contributed by atoms with Gasteiger partial charge in [-0.3, -0.25) is 9.89 Å². The van der Waals surface area contributed by atoms with E-state index in [4.69, 9.17) is 11.6 Å². The minimum Gasteiger partial charge on any atom is -0.356 e. The van der Waals surface area contributed by atoms with Crippen molar-refractivity contribution in [2.24, 2.45) is 0 Å². The highest BCUT2D eigenvalue weighted by Crippen LogP contribution is 2.08. The molecule has 17 heavy (non-hydrogen) atoms. The summed E-state index contributed by atoms with van der Waals surface area (Å²) in [6.07, 6.45) is 4.60. The van der Waals surface area contributed by atoms with E-state index in [0.717, 1.165) is 18.7 Å². The predicted molar refractivity (Wildman–Crippen MR) is 62.8 cm³/mol. The van der Waals surface area contributed by atoms with Gasteiger partial charge in [-0.1, -0.05) is 11.6 Å². The van der Waals surface area contributed by atoms with E-state index in [0.29, 0.717) is 17.3 Å². The Hall–Kier alpha value is -1.82. The lowest BCUT2D eigenvalue weighted by atomic mass is 10.3. The van der Waals surface area contributed by atoms with Crippen molar-refractivity contribution in [3.8, 4) is 0 Å². The van der Waals surface area contributed by atoms with Crippen molar-refractivity contribution in [2.45, 2.75) is 12.8 Å². The van der Waals surface area contributed by atoms with E-state index < -0.39 is 0 Å². The van der Waals surface area contributed by atoms with Crippen molar-refractivity contribution in [1.82, 2.24) is 25.5 Å². The Balaban J connectivity index is 1.70. The molecular formula is C10H12ClN5O. The second kappa shape index (κ2) is 5.49. The van der Waals surface area contributed by atoms with Gasteiger partial charge >= 0.3 is 0 Å². The molecule has 0 aliphatic rings. The van der Waals surface area contributed by atoms with Gasteiger partial charge in [-0.05, 0) is 12.5 Å². The zero-order chi connectivity index (χ0) is 12.1. The topological polar surface area (TPSA) is 86.5 Å². The normalized spacial score (nSPS) is 10.4. The fraction of sp³-hybridized carbons (Fsp3) is 0.300. The van der Waals surface area contributed by atoms with Gasteiger partial charge in [0.15, 0.2) is 0 Å². The summed E-state index contributed by atoms with van der Waals surface area (Å²) in [5, 5.41) is 9.81. The van der Waals surface area contributed by atoms with E-state index >= 15 is 0 Å². The molecule has 2 aromatic rings. The number of carbonyl (C=O) groups excluding carboxylic acids is 1. The van der Waals surface area contributed by atoms with Crippen LogP contribution in [0.15, 0.2) is 18.6 Å². The third-order valence-electron chi connectivity index (χ3n) is 2.23. The molecule has 2 heterocycles. The van der Waals surface area contributed by atoms with Gasteiger partial charge in [0, 0.05) is 19.2 Å². The summed E-state index contributed by atoms with van der Waals surface area (Å²) in [6, 6.07) is 1.59. The minimum absolute atomic E-state index is 0.158. The van der Waals surface area contributed by atoms with Gasteiger partial charge in [0.05, 0.1) is 5.02 Å². The first-order chi connectivity index (χ1) is 8.25. The number of hydrogen-bond donors (Lipinski definition) is 3. The summed E-state index contributed by atoms with van der Waals surface area (Å²) in [4.78, 5) is 18.4. The van der Waals surface area contributed by atoms with Crippen LogP contribution in [0.3, 0.4) is 0 Å². The molecule has 0 aliphatic heterocycles. The van der Waals surface area contributed by atoms with Crippen LogP contribution in [0.25, 0.3) is 0 Å². The molecule has 2 aromatic heterocycles. The zero-order valence-corrected chi connectivity index (χ0v) is 9.79. The molecule has 0 saturated carbocycles. The molecule has 6 nitrogen and oxygen atoms in total. The number of rotatable bonds is 5. The Morgan fingerprint density at radius 2 is 2.41 bits per heavy atom. The van der Waals surface area contributed by atoms with Crippen LogP contribution in [0.2, 0.25) is 5.02 Å². The fourth-order valence-electron chi connectivity index (χ4n) is 1.40. The molecule has 0 spiro atoms. The van der Waals surface area contributed by atoms with Gasteiger partial charge in [-0.15, -0.1) is 0 Å². The molecule has 0 aromatic carbocycles. The molecule has 0 unspecified atom stereocenters. The molecule has 7 heteroatoms. The van der Waals surface area contributed by atoms with Crippen LogP contribution in [0.5, 0.6) is 0 Å². The van der Waals surface area contributed by atoms with Gasteiger partial charge in [0.1, 0.15) is 17.8 Å². The van der Waals surface area contributed by atoms with Crippen LogP contribution in [0, 0.1) is 0 Å². The number of aromatic amines is 2. The summed E-state index contributed by atoms with van der Waals surface area (Å²) < 4.78 is 0. The Kier molecular flexibility index (Phi) is 3.77. The maximum Gasteiger partial charge on any atom is 0.267 e. The van der Waals surface area contributed by atoms with Crippen LogP contribution in [0.4, 0.5) is 0 Å². The molecule has 0 radical (unpaired) electrons. The SMILES string of the molecule is O=C(NCCCc1ncn[nH]1)c1cc(Cl)c[nH]1. The van der Waals surface area contributed by atoms with E-state index in [1.54, 1.807) is 12.3 Å². The van der Waals surface area contributed by atoms with Crippen molar-refractivity contribution in [1.29, 1.82) is 0 Å². The summed E-state index contributed by atoms with van der Waals surface area (Å²) >= 11 is 5.70. The van der Waals surface area contributed by atoms with Gasteiger partial charge < -0.3 is 10.3 Å². The van der Waals surface area contributed by atoms with E-state index in [2.05, 4.69) is 25.5 Å². The van der Waals surface area contributed by atoms with E-state index in [1.807, 2.05) is 0 Å². The Labute approximate surface area is 103 Å². The number of carbonyl (C=O) groups is 1. The highest BCUT2D eigenvalue weighted by Gasteiger charge is 2.06. The summed E-state index contributed by atoms with van der Waals surface area (Å²) in [7, 11) is 0. The zero-order valence-electron chi connectivity index (χ0n) is 9.03. The van der Waals surface area contributed by atoms with Crippen LogP contribution >= 0.6 is 11.6 Å². The molecule has 0 fully saturated rings. The van der Waals surface area contributed by atoms with Crippen molar-refractivity contribution >= 4 is 17.5 Å². The highest BCUT2D eigenvalue weighted by atomic mass is 35.5. The Morgan fingerprint density at radius 1 is 1.53 bits per heavy atom. The van der Waals surface area contributed by atoms with Crippen molar-refractivity contribution in [3.63, 3.8) is 0 Å². The van der Waals surface area contributed by atoms with Crippen molar-refractivity contribution in [3.05, 3.63) is 35.1 Å². The quantitative estimate of drug-likeness (QED) is 0.699. The molecule has 2 rings (SSSR count). The summed E-state index contributed by atoms with van der Waals surface area (Å²) in [5.74, 6) is 0.664. The standard InChI is InChI=1S/C10H12ClN5O/c11-7-4-8(13-5-7)10(17)12-3-1-2-9-14-6-15-16-9/h4-6,13H,1-3H2,(H,12,17)(H,14,15,16). The molecule has 0 aliphatic carbocycles. The lowest BCUT2D eigenvalue weighted by Crippen LogP contribution is -2.25. The predicted octanol–water partition coefficient (Wildman–Crippen LogP) is 1.15. The fourth-order valence-corrected chi connectivity index (χ4v) is 1.57. The summed E-state index contributed by atoms with van der Waals surface area (Å²) in [5.41, 5.74) is 0.467. The molecular weight excluding hydrogens is 242 g/mol. The second-order valence-electron chi connectivity index (χ2n) is 3.52.